The van der Waals surface area contributed by atoms with E-state index in [0.717, 1.165) is 23.2 Å². The largest absolute Gasteiger partial charge is 0.325 e. The van der Waals surface area contributed by atoms with E-state index >= 15 is 0 Å². The first-order chi connectivity index (χ1) is 12.0. The van der Waals surface area contributed by atoms with Crippen molar-refractivity contribution in [2.75, 3.05) is 18.0 Å². The van der Waals surface area contributed by atoms with E-state index in [1.165, 1.54) is 0 Å². The predicted octanol–water partition coefficient (Wildman–Crippen LogP) is 3.43. The number of amides is 2. The molecule has 1 heterocycles. The number of hydrogen-bond donors (Lipinski definition) is 0. The molecule has 1 fully saturated rings. The highest BCUT2D eigenvalue weighted by molar-refractivity contribution is 6.04. The number of rotatable bonds is 3. The van der Waals surface area contributed by atoms with Crippen molar-refractivity contribution in [3.05, 3.63) is 65.2 Å². The highest BCUT2D eigenvalue weighted by Gasteiger charge is 2.36. The third kappa shape index (κ3) is 3.16. The average molecular weight is 336 g/mol. The summed E-state index contributed by atoms with van der Waals surface area (Å²) < 4.78 is 0. The van der Waals surface area contributed by atoms with Crippen LogP contribution in [0, 0.1) is 6.92 Å². The molecule has 1 aliphatic heterocycles. The minimum absolute atomic E-state index is 0.0194. The number of carbonyl (C=O) groups is 2. The van der Waals surface area contributed by atoms with Gasteiger partial charge >= 0.3 is 0 Å². The topological polar surface area (TPSA) is 40.6 Å². The number of anilines is 1. The molecule has 4 heteroatoms. The number of piperazine rings is 1. The molecule has 0 bridgehead atoms. The summed E-state index contributed by atoms with van der Waals surface area (Å²) in [6, 6.07) is 15.1. The minimum Gasteiger partial charge on any atom is -0.325 e. The van der Waals surface area contributed by atoms with Crippen LogP contribution in [0.15, 0.2) is 48.5 Å². The van der Waals surface area contributed by atoms with Gasteiger partial charge in [-0.15, -0.1) is 0 Å². The predicted molar refractivity (Wildman–Crippen MR) is 99.9 cm³/mol. The summed E-state index contributed by atoms with van der Waals surface area (Å²) in [7, 11) is 0. The fraction of sp³-hybridized carbons (Fsp3) is 0.333. The van der Waals surface area contributed by atoms with Gasteiger partial charge in [0.2, 0.25) is 5.91 Å². The maximum absolute atomic E-state index is 13.0. The van der Waals surface area contributed by atoms with Crippen molar-refractivity contribution >= 4 is 17.5 Å². The Morgan fingerprint density at radius 3 is 2.48 bits per heavy atom. The molecule has 1 saturated heterocycles. The molecular weight excluding hydrogens is 312 g/mol. The van der Waals surface area contributed by atoms with E-state index in [1.807, 2.05) is 61.2 Å². The first-order valence-corrected chi connectivity index (χ1v) is 8.80. The van der Waals surface area contributed by atoms with Crippen LogP contribution in [0.1, 0.15) is 35.3 Å². The van der Waals surface area contributed by atoms with Gasteiger partial charge in [-0.25, -0.2) is 0 Å². The zero-order valence-electron chi connectivity index (χ0n) is 15.0. The number of hydrogen-bond acceptors (Lipinski definition) is 2. The van der Waals surface area contributed by atoms with E-state index in [1.54, 1.807) is 4.90 Å². The number of carbonyl (C=O) groups excluding carboxylic acids is 2. The van der Waals surface area contributed by atoms with Gasteiger partial charge in [0.1, 0.15) is 6.04 Å². The molecule has 0 saturated carbocycles. The highest BCUT2D eigenvalue weighted by atomic mass is 16.2. The molecule has 0 aliphatic carbocycles. The van der Waals surface area contributed by atoms with Crippen LogP contribution in [-0.2, 0) is 11.2 Å². The van der Waals surface area contributed by atoms with Gasteiger partial charge in [0.25, 0.3) is 5.91 Å². The smallest absolute Gasteiger partial charge is 0.254 e. The van der Waals surface area contributed by atoms with Crippen molar-refractivity contribution in [2.24, 2.45) is 0 Å². The summed E-state index contributed by atoms with van der Waals surface area (Å²) in [4.78, 5) is 29.4. The molecular formula is C21H24N2O2. The second kappa shape index (κ2) is 7.09. The third-order valence-corrected chi connectivity index (χ3v) is 4.96. The molecule has 0 radical (unpaired) electrons. The van der Waals surface area contributed by atoms with Gasteiger partial charge in [-0.05, 0) is 43.5 Å². The zero-order valence-corrected chi connectivity index (χ0v) is 15.0. The first kappa shape index (κ1) is 17.2. The van der Waals surface area contributed by atoms with Crippen molar-refractivity contribution in [1.29, 1.82) is 0 Å². The Hall–Kier alpha value is -2.62. The van der Waals surface area contributed by atoms with Crippen LogP contribution >= 0.6 is 0 Å². The van der Waals surface area contributed by atoms with Gasteiger partial charge in [-0.1, -0.05) is 43.3 Å². The summed E-state index contributed by atoms with van der Waals surface area (Å²) in [5, 5.41) is 0. The van der Waals surface area contributed by atoms with Crippen LogP contribution < -0.4 is 4.90 Å². The Kier molecular flexibility index (Phi) is 4.88. The molecule has 2 aromatic rings. The first-order valence-electron chi connectivity index (χ1n) is 8.80. The van der Waals surface area contributed by atoms with Crippen LogP contribution in [-0.4, -0.2) is 35.8 Å². The molecule has 25 heavy (non-hydrogen) atoms. The lowest BCUT2D eigenvalue weighted by Crippen LogP contribution is -2.58. The maximum Gasteiger partial charge on any atom is 0.254 e. The van der Waals surface area contributed by atoms with E-state index in [4.69, 9.17) is 0 Å². The lowest BCUT2D eigenvalue weighted by atomic mass is 10.0. The average Bonchev–Trinajstić information content (AvgIpc) is 2.64. The monoisotopic (exact) mass is 336 g/mol. The molecule has 0 spiro atoms. The Labute approximate surface area is 149 Å². The highest BCUT2D eigenvalue weighted by Crippen LogP contribution is 2.26. The standard InChI is InChI=1S/C21H24N2O2/c1-4-17-10-6-8-12-19(17)23-14-13-22(16(3)20(23)24)21(25)18-11-7-5-9-15(18)2/h5-12,16H,4,13-14H2,1-3H3/t16-/m0/s1. The van der Waals surface area contributed by atoms with Crippen molar-refractivity contribution < 1.29 is 9.59 Å². The molecule has 4 nitrogen and oxygen atoms in total. The summed E-state index contributed by atoms with van der Waals surface area (Å²) in [6.45, 7) is 6.90. The minimum atomic E-state index is -0.467. The second-order valence-corrected chi connectivity index (χ2v) is 6.46. The Bertz CT molecular complexity index is 800. The molecule has 2 amide bonds. The molecule has 3 rings (SSSR count). The maximum atomic E-state index is 13.0. The van der Waals surface area contributed by atoms with Crippen LogP contribution in [0.4, 0.5) is 5.69 Å². The molecule has 0 N–H and O–H groups in total. The van der Waals surface area contributed by atoms with E-state index in [2.05, 4.69) is 13.0 Å². The van der Waals surface area contributed by atoms with Crippen LogP contribution in [0.25, 0.3) is 0 Å². The van der Waals surface area contributed by atoms with Crippen molar-refractivity contribution in [1.82, 2.24) is 4.90 Å². The van der Waals surface area contributed by atoms with Crippen LogP contribution in [0.2, 0.25) is 0 Å². The number of para-hydroxylation sites is 1. The van der Waals surface area contributed by atoms with Gasteiger partial charge in [-0.2, -0.15) is 0 Å². The van der Waals surface area contributed by atoms with E-state index in [9.17, 15) is 9.59 Å². The lowest BCUT2D eigenvalue weighted by molar-refractivity contribution is -0.124. The summed E-state index contributed by atoms with van der Waals surface area (Å²) in [5.41, 5.74) is 3.72. The lowest BCUT2D eigenvalue weighted by Gasteiger charge is -2.40. The zero-order chi connectivity index (χ0) is 18.0. The summed E-state index contributed by atoms with van der Waals surface area (Å²) in [6.07, 6.45) is 0.875. The Morgan fingerprint density at radius 2 is 1.76 bits per heavy atom. The quantitative estimate of drug-likeness (QED) is 0.861. The molecule has 130 valence electrons. The Balaban J connectivity index is 1.85. The molecule has 1 atom stereocenters. The number of benzene rings is 2. The summed E-state index contributed by atoms with van der Waals surface area (Å²) >= 11 is 0. The Morgan fingerprint density at radius 1 is 1.08 bits per heavy atom. The van der Waals surface area contributed by atoms with Crippen molar-refractivity contribution in [2.45, 2.75) is 33.2 Å². The number of nitrogens with zero attached hydrogens (tertiary/aromatic N) is 2. The second-order valence-electron chi connectivity index (χ2n) is 6.46. The molecule has 2 aromatic carbocycles. The van der Waals surface area contributed by atoms with Crippen molar-refractivity contribution in [3.63, 3.8) is 0 Å². The van der Waals surface area contributed by atoms with Gasteiger partial charge < -0.3 is 9.80 Å². The summed E-state index contributed by atoms with van der Waals surface area (Å²) in [5.74, 6) is -0.0866. The van der Waals surface area contributed by atoms with E-state index in [0.29, 0.717) is 18.7 Å². The number of aryl methyl sites for hydroxylation is 2. The van der Waals surface area contributed by atoms with Gasteiger partial charge in [0.15, 0.2) is 0 Å². The molecule has 0 aromatic heterocycles. The van der Waals surface area contributed by atoms with Gasteiger partial charge in [-0.3, -0.25) is 9.59 Å². The van der Waals surface area contributed by atoms with Crippen LogP contribution in [0.5, 0.6) is 0 Å². The SMILES string of the molecule is CCc1ccccc1N1CCN(C(=O)c2ccccc2C)[C@@H](C)C1=O. The van der Waals surface area contributed by atoms with Crippen LogP contribution in [0.3, 0.4) is 0 Å². The fourth-order valence-corrected chi connectivity index (χ4v) is 3.43. The normalized spacial score (nSPS) is 17.7. The van der Waals surface area contributed by atoms with Gasteiger partial charge in [0, 0.05) is 24.3 Å². The molecule has 0 unspecified atom stereocenters. The third-order valence-electron chi connectivity index (χ3n) is 4.96. The van der Waals surface area contributed by atoms with Crippen molar-refractivity contribution in [3.8, 4) is 0 Å². The van der Waals surface area contributed by atoms with E-state index < -0.39 is 6.04 Å². The fourth-order valence-electron chi connectivity index (χ4n) is 3.43. The van der Waals surface area contributed by atoms with E-state index in [-0.39, 0.29) is 11.8 Å². The molecule has 1 aliphatic rings. The van der Waals surface area contributed by atoms with Gasteiger partial charge in [0.05, 0.1) is 0 Å².